The third kappa shape index (κ3) is 7.92. The highest BCUT2D eigenvalue weighted by Gasteiger charge is 2.34. The summed E-state index contributed by atoms with van der Waals surface area (Å²) >= 11 is 6.25. The molecule has 9 nitrogen and oxygen atoms in total. The molecule has 0 saturated carbocycles. The number of ether oxygens (including phenoxy) is 2. The van der Waals surface area contributed by atoms with Gasteiger partial charge in [0.1, 0.15) is 12.6 Å². The maximum Gasteiger partial charge on any atom is 0.244 e. The number of carbonyl (C=O) groups excluding carboxylic acids is 2. The van der Waals surface area contributed by atoms with Gasteiger partial charge in [0.2, 0.25) is 28.6 Å². The summed E-state index contributed by atoms with van der Waals surface area (Å²) in [7, 11) is -3.90. The van der Waals surface area contributed by atoms with E-state index in [-0.39, 0.29) is 37.4 Å². The molecule has 2 amide bonds. The molecule has 1 aliphatic heterocycles. The molecule has 1 heterocycles. The summed E-state index contributed by atoms with van der Waals surface area (Å²) in [6.45, 7) is 3.40. The van der Waals surface area contributed by atoms with Crippen LogP contribution >= 0.6 is 11.6 Å². The summed E-state index contributed by atoms with van der Waals surface area (Å²) in [5.74, 6) is -0.00381. The van der Waals surface area contributed by atoms with E-state index >= 15 is 0 Å². The molecule has 41 heavy (non-hydrogen) atoms. The van der Waals surface area contributed by atoms with E-state index in [9.17, 15) is 18.0 Å². The molecule has 0 bridgehead atoms. The van der Waals surface area contributed by atoms with Gasteiger partial charge in [0.25, 0.3) is 0 Å². The summed E-state index contributed by atoms with van der Waals surface area (Å²) < 4.78 is 37.7. The largest absolute Gasteiger partial charge is 0.454 e. The molecule has 0 saturated heterocycles. The van der Waals surface area contributed by atoms with Crippen molar-refractivity contribution in [3.05, 3.63) is 88.9 Å². The van der Waals surface area contributed by atoms with Crippen LogP contribution in [0.5, 0.6) is 11.5 Å². The Labute approximate surface area is 246 Å². The van der Waals surface area contributed by atoms with Crippen molar-refractivity contribution in [2.24, 2.45) is 0 Å². The minimum absolute atomic E-state index is 0.0243. The van der Waals surface area contributed by atoms with Crippen LogP contribution in [0.15, 0.2) is 72.8 Å². The average molecular weight is 600 g/mol. The van der Waals surface area contributed by atoms with Gasteiger partial charge in [-0.3, -0.25) is 13.9 Å². The summed E-state index contributed by atoms with van der Waals surface area (Å²) in [5.41, 5.74) is 1.81. The summed E-state index contributed by atoms with van der Waals surface area (Å²) in [6, 6.07) is 20.0. The number of hydrogen-bond acceptors (Lipinski definition) is 6. The van der Waals surface area contributed by atoms with Crippen LogP contribution in [0.1, 0.15) is 31.4 Å². The molecule has 0 spiro atoms. The van der Waals surface area contributed by atoms with Crippen LogP contribution < -0.4 is 19.1 Å². The van der Waals surface area contributed by atoms with Crippen LogP contribution in [-0.2, 0) is 32.6 Å². The zero-order valence-corrected chi connectivity index (χ0v) is 24.8. The van der Waals surface area contributed by atoms with E-state index in [1.54, 1.807) is 30.3 Å². The fourth-order valence-electron chi connectivity index (χ4n) is 4.48. The maximum atomic E-state index is 14.1. The number of nitrogens with one attached hydrogen (secondary N) is 1. The van der Waals surface area contributed by atoms with Crippen LogP contribution in [0.3, 0.4) is 0 Å². The number of benzene rings is 3. The number of anilines is 1. The fourth-order valence-corrected chi connectivity index (χ4v) is 5.54. The zero-order valence-electron chi connectivity index (χ0n) is 23.2. The standard InChI is InChI=1S/C30H34ClN3O6S/c1-4-21(2)32-30(36)26(16-22-9-6-5-7-10-22)33(18-23-11-8-12-24(31)15-23)29(35)19-34(41(3,37)38)25-13-14-27-28(17-25)40-20-39-27/h5-15,17,21,26H,4,16,18-20H2,1-3H3,(H,32,36)/t21-,26+/m0/s1. The molecule has 4 rings (SSSR count). The van der Waals surface area contributed by atoms with E-state index < -0.39 is 28.5 Å². The van der Waals surface area contributed by atoms with Crippen molar-refractivity contribution < 1.29 is 27.5 Å². The molecule has 218 valence electrons. The molecule has 0 fully saturated rings. The van der Waals surface area contributed by atoms with Crippen molar-refractivity contribution in [3.8, 4) is 11.5 Å². The summed E-state index contributed by atoms with van der Waals surface area (Å²) in [4.78, 5) is 29.3. The first-order valence-electron chi connectivity index (χ1n) is 13.3. The number of fused-ring (bicyclic) bond motifs is 1. The van der Waals surface area contributed by atoms with E-state index in [1.165, 1.54) is 11.0 Å². The number of rotatable bonds is 12. The van der Waals surface area contributed by atoms with E-state index in [4.69, 9.17) is 21.1 Å². The molecule has 3 aromatic carbocycles. The minimum atomic E-state index is -3.90. The molecule has 1 N–H and O–H groups in total. The van der Waals surface area contributed by atoms with Crippen molar-refractivity contribution >= 4 is 39.1 Å². The van der Waals surface area contributed by atoms with E-state index in [0.29, 0.717) is 28.5 Å². The fraction of sp³-hybridized carbons (Fsp3) is 0.333. The Morgan fingerprint density at radius 2 is 1.68 bits per heavy atom. The number of halogens is 1. The lowest BCUT2D eigenvalue weighted by atomic mass is 10.0. The molecular weight excluding hydrogens is 566 g/mol. The molecular formula is C30H34ClN3O6S. The van der Waals surface area contributed by atoms with Crippen molar-refractivity contribution in [2.45, 2.75) is 45.3 Å². The lowest BCUT2D eigenvalue weighted by molar-refractivity contribution is -0.140. The van der Waals surface area contributed by atoms with E-state index in [0.717, 1.165) is 16.1 Å². The van der Waals surface area contributed by atoms with Gasteiger partial charge in [-0.1, -0.05) is 61.0 Å². The Hall–Kier alpha value is -3.76. The monoisotopic (exact) mass is 599 g/mol. The Morgan fingerprint density at radius 1 is 0.976 bits per heavy atom. The van der Waals surface area contributed by atoms with Gasteiger partial charge in [-0.25, -0.2) is 8.42 Å². The molecule has 0 unspecified atom stereocenters. The highest BCUT2D eigenvalue weighted by Crippen LogP contribution is 2.36. The molecule has 0 aliphatic carbocycles. The normalized spacial score (nSPS) is 13.8. The van der Waals surface area contributed by atoms with Gasteiger partial charge in [0, 0.05) is 30.1 Å². The van der Waals surface area contributed by atoms with Crippen molar-refractivity contribution in [1.29, 1.82) is 0 Å². The lowest BCUT2D eigenvalue weighted by Crippen LogP contribution is -2.54. The maximum absolute atomic E-state index is 14.1. The SMILES string of the molecule is CC[C@H](C)NC(=O)[C@@H](Cc1ccccc1)N(Cc1cccc(Cl)c1)C(=O)CN(c1ccc2c(c1)OCO2)S(C)(=O)=O. The number of nitrogens with zero attached hydrogens (tertiary/aromatic N) is 2. The van der Waals surface area contributed by atoms with Crippen molar-refractivity contribution in [2.75, 3.05) is 23.9 Å². The van der Waals surface area contributed by atoms with Crippen LogP contribution in [0.4, 0.5) is 5.69 Å². The summed E-state index contributed by atoms with van der Waals surface area (Å²) in [6.07, 6.45) is 1.97. The van der Waals surface area contributed by atoms with Crippen LogP contribution in [0.25, 0.3) is 0 Å². The van der Waals surface area contributed by atoms with Gasteiger partial charge in [-0.15, -0.1) is 0 Å². The van der Waals surface area contributed by atoms with Gasteiger partial charge in [0.05, 0.1) is 11.9 Å². The first kappa shape index (κ1) is 30.2. The summed E-state index contributed by atoms with van der Waals surface area (Å²) in [5, 5.41) is 3.49. The lowest BCUT2D eigenvalue weighted by Gasteiger charge is -2.34. The van der Waals surface area contributed by atoms with Crippen molar-refractivity contribution in [3.63, 3.8) is 0 Å². The number of hydrogen-bond donors (Lipinski definition) is 1. The first-order valence-corrected chi connectivity index (χ1v) is 15.5. The van der Waals surface area contributed by atoms with Crippen LogP contribution in [0.2, 0.25) is 5.02 Å². The second-order valence-electron chi connectivity index (χ2n) is 9.98. The second-order valence-corrected chi connectivity index (χ2v) is 12.3. The van der Waals surface area contributed by atoms with Gasteiger partial charge >= 0.3 is 0 Å². The minimum Gasteiger partial charge on any atom is -0.454 e. The van der Waals surface area contributed by atoms with Crippen molar-refractivity contribution in [1.82, 2.24) is 10.2 Å². The van der Waals surface area contributed by atoms with Gasteiger partial charge in [-0.2, -0.15) is 0 Å². The quantitative estimate of drug-likeness (QED) is 0.331. The zero-order chi connectivity index (χ0) is 29.6. The molecule has 0 aromatic heterocycles. The average Bonchev–Trinajstić information content (AvgIpc) is 3.41. The highest BCUT2D eigenvalue weighted by molar-refractivity contribution is 7.92. The predicted molar refractivity (Wildman–Crippen MR) is 159 cm³/mol. The number of carbonyl (C=O) groups is 2. The first-order chi connectivity index (χ1) is 19.5. The van der Waals surface area contributed by atoms with Gasteiger partial charge < -0.3 is 19.7 Å². The predicted octanol–water partition coefficient (Wildman–Crippen LogP) is 4.39. The number of amides is 2. The molecule has 3 aromatic rings. The highest BCUT2D eigenvalue weighted by atomic mass is 35.5. The molecule has 11 heteroatoms. The Balaban J connectivity index is 1.73. The van der Waals surface area contributed by atoms with E-state index in [1.807, 2.05) is 50.2 Å². The van der Waals surface area contributed by atoms with E-state index in [2.05, 4.69) is 5.32 Å². The molecule has 0 radical (unpaired) electrons. The third-order valence-corrected chi connectivity index (χ3v) is 8.21. The van der Waals surface area contributed by atoms with Crippen LogP contribution in [0, 0.1) is 0 Å². The Kier molecular flexibility index (Phi) is 9.77. The topological polar surface area (TPSA) is 105 Å². The number of sulfonamides is 1. The molecule has 2 atom stereocenters. The Bertz CT molecular complexity index is 1480. The second kappa shape index (κ2) is 13.3. The Morgan fingerprint density at radius 3 is 2.37 bits per heavy atom. The third-order valence-electron chi connectivity index (χ3n) is 6.84. The van der Waals surface area contributed by atoms with Gasteiger partial charge in [0.15, 0.2) is 11.5 Å². The van der Waals surface area contributed by atoms with Crippen LogP contribution in [-0.4, -0.2) is 56.8 Å². The molecule has 1 aliphatic rings. The van der Waals surface area contributed by atoms with Gasteiger partial charge in [-0.05, 0) is 48.7 Å². The smallest absolute Gasteiger partial charge is 0.244 e.